The van der Waals surface area contributed by atoms with Gasteiger partial charge in [-0.05, 0) is 32.0 Å². The smallest absolute Gasteiger partial charge is 0.156 e. The first kappa shape index (κ1) is 14.4. The standard InChI is InChI=1S/C14H13ClFN3O/c1-3-19(11-6-4-5-10(16)7-11)14-12(8-20)13(15)17-9(2)18-14/h4-8H,3H2,1-2H3. The summed E-state index contributed by atoms with van der Waals surface area (Å²) in [5.41, 5.74) is 0.799. The third-order valence-corrected chi connectivity index (χ3v) is 3.09. The Kier molecular flexibility index (Phi) is 4.29. The number of hydrogen-bond acceptors (Lipinski definition) is 4. The summed E-state index contributed by atoms with van der Waals surface area (Å²) < 4.78 is 13.4. The van der Waals surface area contributed by atoms with Crippen LogP contribution in [-0.2, 0) is 0 Å². The van der Waals surface area contributed by atoms with E-state index in [-0.39, 0.29) is 16.5 Å². The number of rotatable bonds is 4. The molecule has 2 rings (SSSR count). The molecule has 0 fully saturated rings. The summed E-state index contributed by atoms with van der Waals surface area (Å²) in [6, 6.07) is 6.08. The largest absolute Gasteiger partial charge is 0.326 e. The molecule has 1 heterocycles. The van der Waals surface area contributed by atoms with Gasteiger partial charge in [-0.1, -0.05) is 17.7 Å². The number of nitrogens with zero attached hydrogens (tertiary/aromatic N) is 3. The molecule has 0 aliphatic rings. The summed E-state index contributed by atoms with van der Waals surface area (Å²) in [6.45, 7) is 4.07. The monoisotopic (exact) mass is 293 g/mol. The molecule has 0 spiro atoms. The van der Waals surface area contributed by atoms with Crippen LogP contribution >= 0.6 is 11.6 Å². The highest BCUT2D eigenvalue weighted by molar-refractivity contribution is 6.32. The van der Waals surface area contributed by atoms with E-state index in [1.165, 1.54) is 12.1 Å². The van der Waals surface area contributed by atoms with Crippen molar-refractivity contribution in [3.8, 4) is 0 Å². The minimum absolute atomic E-state index is 0.0948. The van der Waals surface area contributed by atoms with Crippen LogP contribution < -0.4 is 4.90 Å². The van der Waals surface area contributed by atoms with Gasteiger partial charge in [0.25, 0.3) is 0 Å². The molecular formula is C14H13ClFN3O. The molecule has 2 aromatic rings. The fourth-order valence-electron chi connectivity index (χ4n) is 1.94. The molecule has 0 saturated heterocycles. The van der Waals surface area contributed by atoms with Crippen molar-refractivity contribution in [2.45, 2.75) is 13.8 Å². The molecule has 0 saturated carbocycles. The summed E-state index contributed by atoms with van der Waals surface area (Å²) in [6.07, 6.45) is 0.610. The molecule has 0 radical (unpaired) electrons. The zero-order valence-electron chi connectivity index (χ0n) is 11.1. The summed E-state index contributed by atoms with van der Waals surface area (Å²) >= 11 is 5.97. The fraction of sp³-hybridized carbons (Fsp3) is 0.214. The van der Waals surface area contributed by atoms with Crippen LogP contribution in [0.5, 0.6) is 0 Å². The second-order valence-electron chi connectivity index (χ2n) is 4.14. The molecule has 1 aromatic carbocycles. The predicted octanol–water partition coefficient (Wildman–Crippen LogP) is 3.55. The average Bonchev–Trinajstić information content (AvgIpc) is 2.39. The first-order chi connectivity index (χ1) is 9.56. The number of aryl methyl sites for hydroxylation is 1. The molecule has 4 nitrogen and oxygen atoms in total. The normalized spacial score (nSPS) is 10.4. The van der Waals surface area contributed by atoms with Crippen molar-refractivity contribution in [3.63, 3.8) is 0 Å². The van der Waals surface area contributed by atoms with Crippen molar-refractivity contribution in [1.29, 1.82) is 0 Å². The van der Waals surface area contributed by atoms with Crippen molar-refractivity contribution >= 4 is 29.4 Å². The summed E-state index contributed by atoms with van der Waals surface area (Å²) in [5.74, 6) is 0.474. The number of halogens is 2. The van der Waals surface area contributed by atoms with Gasteiger partial charge in [0, 0.05) is 12.2 Å². The van der Waals surface area contributed by atoms with E-state index >= 15 is 0 Å². The molecule has 0 N–H and O–H groups in total. The minimum Gasteiger partial charge on any atom is -0.326 e. The van der Waals surface area contributed by atoms with Crippen molar-refractivity contribution in [1.82, 2.24) is 9.97 Å². The third-order valence-electron chi connectivity index (χ3n) is 2.80. The van der Waals surface area contributed by atoms with Crippen LogP contribution in [0.25, 0.3) is 0 Å². The van der Waals surface area contributed by atoms with Gasteiger partial charge in [0.05, 0.1) is 5.56 Å². The van der Waals surface area contributed by atoms with Crippen molar-refractivity contribution in [3.05, 3.63) is 46.6 Å². The van der Waals surface area contributed by atoms with Crippen molar-refractivity contribution in [2.24, 2.45) is 0 Å². The highest BCUT2D eigenvalue weighted by Gasteiger charge is 2.18. The molecule has 104 valence electrons. The van der Waals surface area contributed by atoms with E-state index in [0.29, 0.717) is 30.2 Å². The Balaban J connectivity index is 2.60. The Morgan fingerprint density at radius 2 is 2.15 bits per heavy atom. The molecule has 20 heavy (non-hydrogen) atoms. The summed E-state index contributed by atoms with van der Waals surface area (Å²) in [7, 11) is 0. The van der Waals surface area contributed by atoms with Crippen LogP contribution in [0.2, 0.25) is 5.15 Å². The fourth-order valence-corrected chi connectivity index (χ4v) is 2.19. The van der Waals surface area contributed by atoms with E-state index in [4.69, 9.17) is 11.6 Å². The van der Waals surface area contributed by atoms with Gasteiger partial charge in [-0.2, -0.15) is 0 Å². The molecule has 0 aliphatic heterocycles. The third kappa shape index (κ3) is 2.77. The zero-order chi connectivity index (χ0) is 14.7. The van der Waals surface area contributed by atoms with Gasteiger partial charge in [0.2, 0.25) is 0 Å². The van der Waals surface area contributed by atoms with Gasteiger partial charge in [-0.25, -0.2) is 14.4 Å². The number of anilines is 2. The molecule has 0 bridgehead atoms. The minimum atomic E-state index is -0.356. The first-order valence-corrected chi connectivity index (χ1v) is 6.47. The Hall–Kier alpha value is -2.01. The molecule has 6 heteroatoms. The second-order valence-corrected chi connectivity index (χ2v) is 4.50. The van der Waals surface area contributed by atoms with E-state index in [2.05, 4.69) is 9.97 Å². The van der Waals surface area contributed by atoms with E-state index in [1.807, 2.05) is 6.92 Å². The Bertz CT molecular complexity index is 648. The topological polar surface area (TPSA) is 46.1 Å². The van der Waals surface area contributed by atoms with E-state index < -0.39 is 0 Å². The lowest BCUT2D eigenvalue weighted by atomic mass is 10.2. The van der Waals surface area contributed by atoms with Gasteiger partial charge in [-0.3, -0.25) is 4.79 Å². The lowest BCUT2D eigenvalue weighted by molar-refractivity contribution is 0.112. The van der Waals surface area contributed by atoms with Gasteiger partial charge in [0.1, 0.15) is 22.6 Å². The van der Waals surface area contributed by atoms with Crippen LogP contribution in [0.3, 0.4) is 0 Å². The average molecular weight is 294 g/mol. The molecule has 0 aliphatic carbocycles. The molecular weight excluding hydrogens is 281 g/mol. The molecule has 0 unspecified atom stereocenters. The number of benzene rings is 1. The number of carbonyl (C=O) groups is 1. The summed E-state index contributed by atoms with van der Waals surface area (Å²) in [5, 5.41) is 0.0948. The maximum atomic E-state index is 13.4. The van der Waals surface area contributed by atoms with Gasteiger partial charge in [-0.15, -0.1) is 0 Å². The van der Waals surface area contributed by atoms with Crippen molar-refractivity contribution in [2.75, 3.05) is 11.4 Å². The van der Waals surface area contributed by atoms with E-state index in [0.717, 1.165) is 0 Å². The summed E-state index contributed by atoms with van der Waals surface area (Å²) in [4.78, 5) is 21.1. The lowest BCUT2D eigenvalue weighted by Crippen LogP contribution is -2.20. The predicted molar refractivity (Wildman–Crippen MR) is 76.2 cm³/mol. The number of carbonyl (C=O) groups excluding carboxylic acids is 1. The Morgan fingerprint density at radius 1 is 1.40 bits per heavy atom. The van der Waals surface area contributed by atoms with Crippen LogP contribution in [0.4, 0.5) is 15.9 Å². The Labute approximate surface area is 121 Å². The molecule has 0 atom stereocenters. The van der Waals surface area contributed by atoms with E-state index in [1.54, 1.807) is 24.0 Å². The highest BCUT2D eigenvalue weighted by Crippen LogP contribution is 2.29. The molecule has 0 amide bonds. The Morgan fingerprint density at radius 3 is 2.75 bits per heavy atom. The van der Waals surface area contributed by atoms with Gasteiger partial charge in [0.15, 0.2) is 6.29 Å². The lowest BCUT2D eigenvalue weighted by Gasteiger charge is -2.23. The molecule has 1 aromatic heterocycles. The maximum absolute atomic E-state index is 13.4. The number of hydrogen-bond donors (Lipinski definition) is 0. The van der Waals surface area contributed by atoms with E-state index in [9.17, 15) is 9.18 Å². The van der Waals surface area contributed by atoms with Gasteiger partial charge < -0.3 is 4.90 Å². The second kappa shape index (κ2) is 5.96. The highest BCUT2D eigenvalue weighted by atomic mass is 35.5. The van der Waals surface area contributed by atoms with Crippen LogP contribution in [0.1, 0.15) is 23.1 Å². The maximum Gasteiger partial charge on any atom is 0.156 e. The number of aldehydes is 1. The van der Waals surface area contributed by atoms with Crippen LogP contribution in [0.15, 0.2) is 24.3 Å². The van der Waals surface area contributed by atoms with Gasteiger partial charge >= 0.3 is 0 Å². The first-order valence-electron chi connectivity index (χ1n) is 6.09. The van der Waals surface area contributed by atoms with Crippen molar-refractivity contribution < 1.29 is 9.18 Å². The van der Waals surface area contributed by atoms with Crippen LogP contribution in [0, 0.1) is 12.7 Å². The number of aromatic nitrogens is 2. The quantitative estimate of drug-likeness (QED) is 0.639. The SMILES string of the molecule is CCN(c1cccc(F)c1)c1nc(C)nc(Cl)c1C=O. The van der Waals surface area contributed by atoms with Crippen LogP contribution in [-0.4, -0.2) is 22.8 Å². The zero-order valence-corrected chi connectivity index (χ0v) is 11.9.